The van der Waals surface area contributed by atoms with Crippen LogP contribution in [-0.2, 0) is 0 Å². The van der Waals surface area contributed by atoms with E-state index in [-0.39, 0.29) is 11.5 Å². The second-order valence-electron chi connectivity index (χ2n) is 2.12. The molecule has 0 unspecified atom stereocenters. The molecule has 0 radical (unpaired) electrons. The van der Waals surface area contributed by atoms with Gasteiger partial charge < -0.3 is 4.98 Å². The van der Waals surface area contributed by atoms with Crippen LogP contribution in [0.5, 0.6) is 0 Å². The highest BCUT2D eigenvalue weighted by molar-refractivity contribution is 6.67. The van der Waals surface area contributed by atoms with E-state index in [0.29, 0.717) is 5.69 Å². The zero-order valence-corrected chi connectivity index (χ0v) is 6.61. The first kappa shape index (κ1) is 8.01. The van der Waals surface area contributed by atoms with Crippen molar-refractivity contribution < 1.29 is 9.59 Å². The molecule has 0 aliphatic rings. The van der Waals surface area contributed by atoms with E-state index in [2.05, 4.69) is 4.98 Å². The highest BCUT2D eigenvalue weighted by Gasteiger charge is 2.06. The maximum atomic E-state index is 10.7. The van der Waals surface area contributed by atoms with Gasteiger partial charge in [0.05, 0.1) is 11.4 Å². The number of hydrogen-bond acceptors (Lipinski definition) is 2. The van der Waals surface area contributed by atoms with Crippen molar-refractivity contribution in [3.63, 3.8) is 0 Å². The maximum absolute atomic E-state index is 10.7. The van der Waals surface area contributed by atoms with Gasteiger partial charge in [0.15, 0.2) is 5.78 Å². The fourth-order valence-corrected chi connectivity index (χ4v) is 0.825. The third kappa shape index (κ3) is 1.68. The highest BCUT2D eigenvalue weighted by Crippen LogP contribution is 2.04. The molecule has 4 heteroatoms. The Morgan fingerprint density at radius 3 is 2.18 bits per heavy atom. The average molecular weight is 172 g/mol. The van der Waals surface area contributed by atoms with Crippen LogP contribution in [0.15, 0.2) is 12.1 Å². The van der Waals surface area contributed by atoms with Crippen molar-refractivity contribution in [3.05, 3.63) is 23.5 Å². The van der Waals surface area contributed by atoms with Gasteiger partial charge in [0.25, 0.3) is 5.24 Å². The number of H-pyrrole nitrogens is 1. The predicted molar refractivity (Wildman–Crippen MR) is 41.0 cm³/mol. The zero-order chi connectivity index (χ0) is 8.43. The molecule has 0 amide bonds. The van der Waals surface area contributed by atoms with E-state index in [0.717, 1.165) is 0 Å². The first-order valence-corrected chi connectivity index (χ1v) is 3.39. The second-order valence-corrected chi connectivity index (χ2v) is 2.46. The summed E-state index contributed by atoms with van der Waals surface area (Å²) >= 11 is 5.14. The molecule has 3 nitrogen and oxygen atoms in total. The summed E-state index contributed by atoms with van der Waals surface area (Å²) in [5, 5.41) is -0.586. The summed E-state index contributed by atoms with van der Waals surface area (Å²) < 4.78 is 0. The highest BCUT2D eigenvalue weighted by atomic mass is 35.5. The molecule has 58 valence electrons. The lowest BCUT2D eigenvalue weighted by atomic mass is 10.3. The van der Waals surface area contributed by atoms with Gasteiger partial charge in [0.2, 0.25) is 0 Å². The first-order chi connectivity index (χ1) is 5.11. The van der Waals surface area contributed by atoms with Crippen LogP contribution in [0.25, 0.3) is 0 Å². The standard InChI is InChI=1S/C7H6ClNO2/c1-4(10)5-2-3-6(9-5)7(8)11/h2-3,9H,1H3. The Bertz CT molecular complexity index is 275. The van der Waals surface area contributed by atoms with Crippen LogP contribution in [0.2, 0.25) is 0 Å². The molecule has 0 saturated carbocycles. The van der Waals surface area contributed by atoms with Crippen molar-refractivity contribution in [1.29, 1.82) is 0 Å². The monoisotopic (exact) mass is 171 g/mol. The van der Waals surface area contributed by atoms with Gasteiger partial charge in [-0.3, -0.25) is 9.59 Å². The quantitative estimate of drug-likeness (QED) is 0.543. The normalized spacial score (nSPS) is 9.64. The molecule has 0 fully saturated rings. The Kier molecular flexibility index (Phi) is 2.10. The van der Waals surface area contributed by atoms with Gasteiger partial charge in [-0.05, 0) is 23.7 Å². The molecule has 1 aromatic heterocycles. The molecule has 1 aromatic rings. The predicted octanol–water partition coefficient (Wildman–Crippen LogP) is 1.60. The number of ketones is 1. The van der Waals surface area contributed by atoms with E-state index in [4.69, 9.17) is 11.6 Å². The number of halogens is 1. The summed E-state index contributed by atoms with van der Waals surface area (Å²) in [6, 6.07) is 3.00. The number of hydrogen-bond donors (Lipinski definition) is 1. The Labute approximate surface area is 68.4 Å². The number of carbonyl (C=O) groups excluding carboxylic acids is 2. The molecule has 0 saturated heterocycles. The lowest BCUT2D eigenvalue weighted by molar-refractivity contribution is 0.101. The largest absolute Gasteiger partial charge is 0.349 e. The lowest BCUT2D eigenvalue weighted by Gasteiger charge is -1.86. The average Bonchev–Trinajstić information content (AvgIpc) is 2.33. The number of Topliss-reactive ketones (excluding diaryl/α,β-unsaturated/α-hetero) is 1. The van der Waals surface area contributed by atoms with Crippen molar-refractivity contribution in [2.75, 3.05) is 0 Å². The van der Waals surface area contributed by atoms with Crippen molar-refractivity contribution in [2.24, 2.45) is 0 Å². The van der Waals surface area contributed by atoms with Crippen LogP contribution in [0.1, 0.15) is 27.9 Å². The number of rotatable bonds is 2. The number of aromatic amines is 1. The van der Waals surface area contributed by atoms with E-state index >= 15 is 0 Å². The molecular formula is C7H6ClNO2. The summed E-state index contributed by atoms with van der Waals surface area (Å²) in [5.74, 6) is -0.117. The van der Waals surface area contributed by atoms with Gasteiger partial charge in [0.1, 0.15) is 0 Å². The summed E-state index contributed by atoms with van der Waals surface area (Å²) in [5.41, 5.74) is 0.644. The molecule has 0 bridgehead atoms. The Morgan fingerprint density at radius 1 is 1.36 bits per heavy atom. The second kappa shape index (κ2) is 2.88. The van der Waals surface area contributed by atoms with Crippen LogP contribution in [0.4, 0.5) is 0 Å². The minimum Gasteiger partial charge on any atom is -0.349 e. The Morgan fingerprint density at radius 2 is 1.91 bits per heavy atom. The lowest BCUT2D eigenvalue weighted by Crippen LogP contribution is -1.94. The van der Waals surface area contributed by atoms with E-state index in [9.17, 15) is 9.59 Å². The van der Waals surface area contributed by atoms with Gasteiger partial charge in [-0.1, -0.05) is 0 Å². The molecular weight excluding hydrogens is 166 g/mol. The molecule has 1 rings (SSSR count). The summed E-state index contributed by atoms with van der Waals surface area (Å²) in [6.07, 6.45) is 0. The third-order valence-electron chi connectivity index (χ3n) is 1.28. The van der Waals surface area contributed by atoms with Gasteiger partial charge in [-0.15, -0.1) is 0 Å². The topological polar surface area (TPSA) is 49.9 Å². The zero-order valence-electron chi connectivity index (χ0n) is 5.85. The van der Waals surface area contributed by atoms with Crippen LogP contribution in [-0.4, -0.2) is 16.0 Å². The van der Waals surface area contributed by atoms with E-state index < -0.39 is 5.24 Å². The van der Waals surface area contributed by atoms with Crippen molar-refractivity contribution in [1.82, 2.24) is 4.98 Å². The van der Waals surface area contributed by atoms with Crippen LogP contribution >= 0.6 is 11.6 Å². The fraction of sp³-hybridized carbons (Fsp3) is 0.143. The molecule has 11 heavy (non-hydrogen) atoms. The van der Waals surface area contributed by atoms with Crippen LogP contribution < -0.4 is 0 Å². The molecule has 0 atom stereocenters. The Balaban J connectivity index is 2.99. The SMILES string of the molecule is CC(=O)c1ccc(C(=O)Cl)[nH]1. The van der Waals surface area contributed by atoms with E-state index in [1.165, 1.54) is 19.1 Å². The minimum absolute atomic E-state index is 0.117. The number of aromatic nitrogens is 1. The third-order valence-corrected chi connectivity index (χ3v) is 1.48. The smallest absolute Gasteiger partial charge is 0.268 e. The van der Waals surface area contributed by atoms with Gasteiger partial charge in [0, 0.05) is 6.92 Å². The van der Waals surface area contributed by atoms with Crippen molar-refractivity contribution in [2.45, 2.75) is 6.92 Å². The number of nitrogens with one attached hydrogen (secondary N) is 1. The van der Waals surface area contributed by atoms with Gasteiger partial charge in [-0.25, -0.2) is 0 Å². The Hall–Kier alpha value is -1.09. The van der Waals surface area contributed by atoms with E-state index in [1.807, 2.05) is 0 Å². The molecule has 1 heterocycles. The fourth-order valence-electron chi connectivity index (χ4n) is 0.715. The van der Waals surface area contributed by atoms with Crippen LogP contribution in [0, 0.1) is 0 Å². The first-order valence-electron chi connectivity index (χ1n) is 3.01. The van der Waals surface area contributed by atoms with Crippen molar-refractivity contribution >= 4 is 22.6 Å². The van der Waals surface area contributed by atoms with Gasteiger partial charge in [-0.2, -0.15) is 0 Å². The molecule has 0 spiro atoms. The van der Waals surface area contributed by atoms with Gasteiger partial charge >= 0.3 is 0 Å². The van der Waals surface area contributed by atoms with Crippen molar-refractivity contribution in [3.8, 4) is 0 Å². The molecule has 0 aliphatic carbocycles. The molecule has 0 aliphatic heterocycles. The maximum Gasteiger partial charge on any atom is 0.268 e. The minimum atomic E-state index is -0.586. The van der Waals surface area contributed by atoms with Crippen LogP contribution in [0.3, 0.4) is 0 Å². The molecule has 1 N–H and O–H groups in total. The summed E-state index contributed by atoms with van der Waals surface area (Å²) in [6.45, 7) is 1.41. The number of carbonyl (C=O) groups is 2. The summed E-state index contributed by atoms with van der Waals surface area (Å²) in [7, 11) is 0. The molecule has 0 aromatic carbocycles. The summed E-state index contributed by atoms with van der Waals surface area (Å²) in [4.78, 5) is 23.8. The van der Waals surface area contributed by atoms with E-state index in [1.54, 1.807) is 0 Å².